The summed E-state index contributed by atoms with van der Waals surface area (Å²) in [5, 5.41) is 14.8. The van der Waals surface area contributed by atoms with Crippen molar-refractivity contribution in [2.75, 3.05) is 0 Å². The molecule has 0 saturated carbocycles. The van der Waals surface area contributed by atoms with E-state index in [9.17, 15) is 0 Å². The average Bonchev–Trinajstić information content (AvgIpc) is 1.36. The first kappa shape index (κ1) is 54.7. The molecule has 0 amide bonds. The van der Waals surface area contributed by atoms with Gasteiger partial charge in [-0.15, -0.1) is 0 Å². The van der Waals surface area contributed by atoms with Crippen molar-refractivity contribution < 1.29 is 94.4 Å². The molecule has 0 unspecified atom stereocenters. The van der Waals surface area contributed by atoms with Crippen LogP contribution in [0.2, 0.25) is 0 Å². The van der Waals surface area contributed by atoms with E-state index < -0.39 is 11.9 Å². The van der Waals surface area contributed by atoms with Gasteiger partial charge in [0, 0.05) is 21.7 Å². The molecule has 0 aliphatic carbocycles. The summed E-state index contributed by atoms with van der Waals surface area (Å²) in [5.41, 5.74) is 0. The molecule has 0 radical (unpaired) electrons. The van der Waals surface area contributed by atoms with E-state index in [4.69, 9.17) is 19.8 Å². The van der Waals surface area contributed by atoms with Gasteiger partial charge in [0.05, 0.1) is 0 Å². The quantitative estimate of drug-likeness (QED) is 0.309. The van der Waals surface area contributed by atoms with Crippen LogP contribution < -0.4 is 29.6 Å². The number of aliphatic carboxylic acids is 2. The van der Waals surface area contributed by atoms with Gasteiger partial charge in [-0.05, 0) is 0 Å². The van der Waals surface area contributed by atoms with Crippen LogP contribution in [0.4, 0.5) is 0 Å². The molecule has 10 N–H and O–H groups in total. The standard InChI is InChI=1S/C2H2O4.Na.4H2O.Ti.H/c3-1(4)2(5)6;;;;;;;/h(H,3,4)(H,5,6);;4*1H2;;/q;+1;;;;;;-1. The molecule has 0 bridgehead atoms. The van der Waals surface area contributed by atoms with Crippen molar-refractivity contribution in [2.45, 2.75) is 0 Å². The van der Waals surface area contributed by atoms with Crippen molar-refractivity contribution in [1.29, 1.82) is 0 Å². The molecule has 0 fully saturated rings. The molecule has 12 heavy (non-hydrogen) atoms. The monoisotopic (exact) mass is 234 g/mol. The van der Waals surface area contributed by atoms with Crippen LogP contribution in [0.5, 0.6) is 0 Å². The Hall–Kier alpha value is 0.494. The first-order valence-corrected chi connectivity index (χ1v) is 1.11. The third-order valence-electron chi connectivity index (χ3n) is 0.183. The maximum Gasteiger partial charge on any atom is 1.00 e. The second kappa shape index (κ2) is 30.0. The normalized spacial score (nSPS) is 3.67. The molecule has 0 aromatic rings. The summed E-state index contributed by atoms with van der Waals surface area (Å²) in [4.78, 5) is 18.2. The zero-order valence-corrected chi connectivity index (χ0v) is 9.77. The Morgan fingerprint density at radius 3 is 0.917 bits per heavy atom. The van der Waals surface area contributed by atoms with E-state index in [0.717, 1.165) is 0 Å². The van der Waals surface area contributed by atoms with Gasteiger partial charge in [0.2, 0.25) is 0 Å². The van der Waals surface area contributed by atoms with Crippen LogP contribution in [0.25, 0.3) is 0 Å². The fraction of sp³-hybridized carbons (Fsp3) is 0. The number of carboxylic acid groups (broad SMARTS) is 2. The Bertz CT molecular complexity index is 88.1. The Labute approximate surface area is 106 Å². The molecule has 8 nitrogen and oxygen atoms in total. The summed E-state index contributed by atoms with van der Waals surface area (Å²) in [6, 6.07) is 0. The maximum absolute atomic E-state index is 9.10. The molecule has 0 rings (SSSR count). The smallest absolute Gasteiger partial charge is 1.00 e. The van der Waals surface area contributed by atoms with Gasteiger partial charge >= 0.3 is 41.5 Å². The van der Waals surface area contributed by atoms with Crippen molar-refractivity contribution in [3.05, 3.63) is 0 Å². The van der Waals surface area contributed by atoms with Crippen molar-refractivity contribution in [1.82, 2.24) is 0 Å². The molecule has 10 heteroatoms. The third-order valence-corrected chi connectivity index (χ3v) is 0.183. The van der Waals surface area contributed by atoms with E-state index in [2.05, 4.69) is 0 Å². The van der Waals surface area contributed by atoms with Crippen LogP contribution >= 0.6 is 0 Å². The summed E-state index contributed by atoms with van der Waals surface area (Å²) < 4.78 is 0. The van der Waals surface area contributed by atoms with Crippen LogP contribution in [0, 0.1) is 0 Å². The number of carboxylic acids is 2. The number of hydrogen-bond donors (Lipinski definition) is 2. The molecule has 0 spiro atoms. The number of rotatable bonds is 0. The second-order valence-corrected chi connectivity index (χ2v) is 0.610. The summed E-state index contributed by atoms with van der Waals surface area (Å²) >= 11 is 0. The third kappa shape index (κ3) is 46.8. The Balaban J connectivity index is -0.00000000595. The van der Waals surface area contributed by atoms with E-state index in [0.29, 0.717) is 0 Å². The molecule has 0 aliphatic rings. The molecule has 0 aromatic carbocycles. The molecule has 0 heterocycles. The van der Waals surface area contributed by atoms with Crippen LogP contribution in [0.3, 0.4) is 0 Å². The predicted molar refractivity (Wildman–Crippen MR) is 30.8 cm³/mol. The molecule has 0 saturated heterocycles. The topological polar surface area (TPSA) is 201 Å². The van der Waals surface area contributed by atoms with Gasteiger partial charge in [-0.2, -0.15) is 0 Å². The van der Waals surface area contributed by atoms with Gasteiger partial charge in [-0.1, -0.05) is 0 Å². The molecule has 72 valence electrons. The SMILES string of the molecule is O.O.O.O.O=C(O)C(=O)O.[H-].[Na+].[Ti]. The van der Waals surface area contributed by atoms with E-state index in [-0.39, 0.29) is 74.6 Å². The maximum atomic E-state index is 9.10. The summed E-state index contributed by atoms with van der Waals surface area (Å²) in [5.74, 6) is -3.65. The Kier molecular flexibility index (Phi) is 137. The molecular formula is C2H11NaO8Ti. The van der Waals surface area contributed by atoms with Gasteiger partial charge in [-0.25, -0.2) is 9.59 Å². The fourth-order valence-corrected chi connectivity index (χ4v) is 0. The predicted octanol–water partition coefficient (Wildman–Crippen LogP) is -7.03. The zero-order chi connectivity index (χ0) is 5.15. The molecule has 0 atom stereocenters. The van der Waals surface area contributed by atoms with Gasteiger partial charge in [0.25, 0.3) is 0 Å². The van der Waals surface area contributed by atoms with Crippen LogP contribution in [0.15, 0.2) is 0 Å². The van der Waals surface area contributed by atoms with E-state index >= 15 is 0 Å². The van der Waals surface area contributed by atoms with Gasteiger partial charge in [0.1, 0.15) is 0 Å². The van der Waals surface area contributed by atoms with Gasteiger partial charge < -0.3 is 33.5 Å². The summed E-state index contributed by atoms with van der Waals surface area (Å²) in [7, 11) is 0. The number of carbonyl (C=O) groups is 2. The van der Waals surface area contributed by atoms with E-state index in [1.807, 2.05) is 0 Å². The summed E-state index contributed by atoms with van der Waals surface area (Å²) in [6.07, 6.45) is 0. The first-order valence-electron chi connectivity index (χ1n) is 1.11. The van der Waals surface area contributed by atoms with Crippen LogP contribution in [0.1, 0.15) is 1.43 Å². The van der Waals surface area contributed by atoms with E-state index in [1.54, 1.807) is 0 Å². The minimum Gasteiger partial charge on any atom is -1.00 e. The van der Waals surface area contributed by atoms with Gasteiger partial charge in [-0.3, -0.25) is 0 Å². The zero-order valence-electron chi connectivity index (χ0n) is 7.21. The molecule has 0 aromatic heterocycles. The Morgan fingerprint density at radius 1 is 0.833 bits per heavy atom. The minimum atomic E-state index is -1.82. The summed E-state index contributed by atoms with van der Waals surface area (Å²) in [6.45, 7) is 0. The second-order valence-electron chi connectivity index (χ2n) is 0.610. The first-order chi connectivity index (χ1) is 2.64. The van der Waals surface area contributed by atoms with Crippen LogP contribution in [-0.4, -0.2) is 44.1 Å². The number of hydrogen-bond acceptors (Lipinski definition) is 2. The average molecular weight is 234 g/mol. The minimum absolute atomic E-state index is 0. The molecular weight excluding hydrogens is 223 g/mol. The van der Waals surface area contributed by atoms with Crippen molar-refractivity contribution in [2.24, 2.45) is 0 Å². The van der Waals surface area contributed by atoms with Crippen LogP contribution in [-0.2, 0) is 31.3 Å². The van der Waals surface area contributed by atoms with E-state index in [1.165, 1.54) is 0 Å². The van der Waals surface area contributed by atoms with Crippen molar-refractivity contribution >= 4 is 11.9 Å². The van der Waals surface area contributed by atoms with Gasteiger partial charge in [0.15, 0.2) is 0 Å². The Morgan fingerprint density at radius 2 is 0.917 bits per heavy atom. The van der Waals surface area contributed by atoms with Crippen molar-refractivity contribution in [3.63, 3.8) is 0 Å². The van der Waals surface area contributed by atoms with Crippen molar-refractivity contribution in [3.8, 4) is 0 Å². The molecule has 0 aliphatic heterocycles. The largest absolute Gasteiger partial charge is 1.00 e. The fourth-order valence-electron chi connectivity index (χ4n) is 0.